The van der Waals surface area contributed by atoms with Gasteiger partial charge in [-0.1, -0.05) is 24.4 Å². The molecule has 22 heavy (non-hydrogen) atoms. The molecule has 2 amide bonds. The van der Waals surface area contributed by atoms with E-state index in [0.29, 0.717) is 5.69 Å². The molecule has 0 bridgehead atoms. The Balaban J connectivity index is 0.00000242. The van der Waals surface area contributed by atoms with Crippen LogP contribution < -0.4 is 16.8 Å². The number of amides is 2. The van der Waals surface area contributed by atoms with Gasteiger partial charge in [0.1, 0.15) is 0 Å². The van der Waals surface area contributed by atoms with Gasteiger partial charge in [-0.15, -0.1) is 12.4 Å². The molecule has 0 aromatic heterocycles. The van der Waals surface area contributed by atoms with E-state index in [0.717, 1.165) is 25.7 Å². The molecular formula is C15H21Cl2N3O2. The van der Waals surface area contributed by atoms with Crippen molar-refractivity contribution in [2.75, 3.05) is 5.32 Å². The van der Waals surface area contributed by atoms with Gasteiger partial charge in [-0.2, -0.15) is 0 Å². The number of carbonyl (C=O) groups excluding carboxylic acids is 2. The number of carbonyl (C=O) groups is 2. The largest absolute Gasteiger partial charge is 0.366 e. The zero-order chi connectivity index (χ0) is 15.6. The summed E-state index contributed by atoms with van der Waals surface area (Å²) in [6.07, 6.45) is 3.65. The lowest BCUT2D eigenvalue weighted by molar-refractivity contribution is -0.122. The second kappa shape index (κ2) is 7.31. The van der Waals surface area contributed by atoms with Crippen LogP contribution >= 0.6 is 24.0 Å². The second-order valence-electron chi connectivity index (χ2n) is 5.85. The van der Waals surface area contributed by atoms with Crippen molar-refractivity contribution < 1.29 is 9.59 Å². The molecule has 2 unspecified atom stereocenters. The SMILES string of the molecule is CC1(N)CCCCC1C(=O)Nc1ccc(Cl)c(C(N)=O)c1.Cl. The number of nitrogens with two attached hydrogens (primary N) is 2. The third-order valence-electron chi connectivity index (χ3n) is 4.07. The number of primary amides is 1. The fourth-order valence-corrected chi connectivity index (χ4v) is 3.02. The van der Waals surface area contributed by atoms with E-state index in [9.17, 15) is 9.59 Å². The Morgan fingerprint density at radius 1 is 1.36 bits per heavy atom. The molecule has 1 aliphatic carbocycles. The van der Waals surface area contributed by atoms with Crippen LogP contribution in [0.25, 0.3) is 0 Å². The highest BCUT2D eigenvalue weighted by Gasteiger charge is 2.37. The predicted molar refractivity (Wildman–Crippen MR) is 90.4 cm³/mol. The fourth-order valence-electron chi connectivity index (χ4n) is 2.81. The lowest BCUT2D eigenvalue weighted by Crippen LogP contribution is -2.51. The van der Waals surface area contributed by atoms with Crippen LogP contribution in [0.2, 0.25) is 5.02 Å². The van der Waals surface area contributed by atoms with E-state index < -0.39 is 11.4 Å². The van der Waals surface area contributed by atoms with E-state index in [1.165, 1.54) is 6.07 Å². The Labute approximate surface area is 141 Å². The Morgan fingerprint density at radius 3 is 2.64 bits per heavy atom. The number of rotatable bonds is 3. The zero-order valence-corrected chi connectivity index (χ0v) is 14.0. The van der Waals surface area contributed by atoms with Crippen molar-refractivity contribution in [1.82, 2.24) is 0 Å². The maximum absolute atomic E-state index is 12.4. The molecule has 1 aromatic rings. The van der Waals surface area contributed by atoms with Crippen LogP contribution in [0, 0.1) is 5.92 Å². The number of hydrogen-bond donors (Lipinski definition) is 3. The van der Waals surface area contributed by atoms with Crippen molar-refractivity contribution in [3.8, 4) is 0 Å². The maximum atomic E-state index is 12.4. The van der Waals surface area contributed by atoms with Crippen molar-refractivity contribution in [2.24, 2.45) is 17.4 Å². The minimum Gasteiger partial charge on any atom is -0.366 e. The van der Waals surface area contributed by atoms with Gasteiger partial charge in [0.15, 0.2) is 0 Å². The summed E-state index contributed by atoms with van der Waals surface area (Å²) in [5.74, 6) is -0.992. The molecule has 1 saturated carbocycles. The van der Waals surface area contributed by atoms with Crippen LogP contribution in [-0.4, -0.2) is 17.4 Å². The van der Waals surface area contributed by atoms with Crippen molar-refractivity contribution in [3.05, 3.63) is 28.8 Å². The first kappa shape index (κ1) is 18.7. The van der Waals surface area contributed by atoms with Crippen LogP contribution in [0.15, 0.2) is 18.2 Å². The highest BCUT2D eigenvalue weighted by Crippen LogP contribution is 2.32. The van der Waals surface area contributed by atoms with Gasteiger partial charge in [0.2, 0.25) is 11.8 Å². The van der Waals surface area contributed by atoms with E-state index in [2.05, 4.69) is 5.32 Å². The first-order valence-electron chi connectivity index (χ1n) is 7.00. The van der Waals surface area contributed by atoms with Gasteiger partial charge in [-0.25, -0.2) is 0 Å². The van der Waals surface area contributed by atoms with Gasteiger partial charge >= 0.3 is 0 Å². The fraction of sp³-hybridized carbons (Fsp3) is 0.467. The van der Waals surface area contributed by atoms with Gasteiger partial charge in [-0.05, 0) is 38.0 Å². The van der Waals surface area contributed by atoms with E-state index in [1.807, 2.05) is 6.92 Å². The quantitative estimate of drug-likeness (QED) is 0.785. The van der Waals surface area contributed by atoms with Crippen LogP contribution in [0.4, 0.5) is 5.69 Å². The molecule has 1 fully saturated rings. The maximum Gasteiger partial charge on any atom is 0.250 e. The summed E-state index contributed by atoms with van der Waals surface area (Å²) in [7, 11) is 0. The number of anilines is 1. The van der Waals surface area contributed by atoms with E-state index >= 15 is 0 Å². The van der Waals surface area contributed by atoms with Crippen LogP contribution in [0.1, 0.15) is 43.0 Å². The Bertz CT molecular complexity index is 576. The van der Waals surface area contributed by atoms with Crippen molar-refractivity contribution in [3.63, 3.8) is 0 Å². The van der Waals surface area contributed by atoms with Crippen LogP contribution in [0.5, 0.6) is 0 Å². The van der Waals surface area contributed by atoms with Crippen molar-refractivity contribution >= 4 is 41.5 Å². The Kier molecular flexibility index (Phi) is 6.23. The average molecular weight is 346 g/mol. The van der Waals surface area contributed by atoms with Crippen LogP contribution in [-0.2, 0) is 4.79 Å². The molecule has 0 saturated heterocycles. The number of benzene rings is 1. The van der Waals surface area contributed by atoms with E-state index in [-0.39, 0.29) is 34.8 Å². The first-order valence-corrected chi connectivity index (χ1v) is 7.38. The molecule has 2 rings (SSSR count). The normalized spacial score (nSPS) is 24.2. The highest BCUT2D eigenvalue weighted by atomic mass is 35.5. The third-order valence-corrected chi connectivity index (χ3v) is 4.40. The molecule has 0 spiro atoms. The molecule has 1 aromatic carbocycles. The molecule has 1 aliphatic rings. The van der Waals surface area contributed by atoms with Gasteiger partial charge < -0.3 is 16.8 Å². The third kappa shape index (κ3) is 4.12. The highest BCUT2D eigenvalue weighted by molar-refractivity contribution is 6.34. The lowest BCUT2D eigenvalue weighted by Gasteiger charge is -2.37. The number of halogens is 2. The van der Waals surface area contributed by atoms with Gasteiger partial charge in [0, 0.05) is 11.2 Å². The monoisotopic (exact) mass is 345 g/mol. The molecule has 122 valence electrons. The number of nitrogens with one attached hydrogen (secondary N) is 1. The summed E-state index contributed by atoms with van der Waals surface area (Å²) in [4.78, 5) is 23.7. The van der Waals surface area contributed by atoms with Gasteiger partial charge in [0.25, 0.3) is 0 Å². The standard InChI is InChI=1S/C15H20ClN3O2.ClH/c1-15(18)7-3-2-4-11(15)14(21)19-9-5-6-12(16)10(8-9)13(17)20;/h5-6,8,11H,2-4,7,18H2,1H3,(H2,17,20)(H,19,21);1H. The van der Waals surface area contributed by atoms with Gasteiger partial charge in [0.05, 0.1) is 16.5 Å². The number of hydrogen-bond acceptors (Lipinski definition) is 3. The molecule has 7 heteroatoms. The molecule has 0 heterocycles. The summed E-state index contributed by atoms with van der Waals surface area (Å²) in [6.45, 7) is 1.91. The summed E-state index contributed by atoms with van der Waals surface area (Å²) in [6, 6.07) is 4.67. The summed E-state index contributed by atoms with van der Waals surface area (Å²) < 4.78 is 0. The summed E-state index contributed by atoms with van der Waals surface area (Å²) in [5, 5.41) is 3.07. The van der Waals surface area contributed by atoms with E-state index in [4.69, 9.17) is 23.1 Å². The predicted octanol–water partition coefficient (Wildman–Crippen LogP) is 2.71. The average Bonchev–Trinajstić information content (AvgIpc) is 2.40. The molecule has 5 N–H and O–H groups in total. The molecule has 0 aliphatic heterocycles. The van der Waals surface area contributed by atoms with Gasteiger partial charge in [-0.3, -0.25) is 9.59 Å². The van der Waals surface area contributed by atoms with Crippen molar-refractivity contribution in [1.29, 1.82) is 0 Å². The van der Waals surface area contributed by atoms with Crippen molar-refractivity contribution in [2.45, 2.75) is 38.1 Å². The Morgan fingerprint density at radius 2 is 2.05 bits per heavy atom. The molecular weight excluding hydrogens is 325 g/mol. The van der Waals surface area contributed by atoms with E-state index in [1.54, 1.807) is 12.1 Å². The smallest absolute Gasteiger partial charge is 0.250 e. The second-order valence-corrected chi connectivity index (χ2v) is 6.26. The topological polar surface area (TPSA) is 98.2 Å². The minimum atomic E-state index is -0.627. The zero-order valence-electron chi connectivity index (χ0n) is 12.4. The summed E-state index contributed by atoms with van der Waals surface area (Å²) in [5.41, 5.74) is 11.7. The molecule has 5 nitrogen and oxygen atoms in total. The van der Waals surface area contributed by atoms with Crippen LogP contribution in [0.3, 0.4) is 0 Å². The Hall–Kier alpha value is -1.30. The first-order chi connectivity index (χ1) is 9.81. The minimum absolute atomic E-state index is 0. The summed E-state index contributed by atoms with van der Waals surface area (Å²) >= 11 is 5.89. The molecule has 0 radical (unpaired) electrons. The lowest BCUT2D eigenvalue weighted by atomic mass is 9.74. The molecule has 2 atom stereocenters.